The van der Waals surface area contributed by atoms with Gasteiger partial charge in [0, 0.05) is 31.0 Å². The summed E-state index contributed by atoms with van der Waals surface area (Å²) in [5.41, 5.74) is 0.0604. The molecule has 172 valence electrons. The number of anilines is 2. The highest BCUT2D eigenvalue weighted by Gasteiger charge is 2.20. The van der Waals surface area contributed by atoms with E-state index in [1.807, 2.05) is 0 Å². The maximum atomic E-state index is 12.0. The minimum Gasteiger partial charge on any atom is -0.483 e. The second-order valence-corrected chi connectivity index (χ2v) is 6.16. The molecular formula is C19H19BN4O9. The Morgan fingerprint density at radius 2 is 1.76 bits per heavy atom. The van der Waals surface area contributed by atoms with Gasteiger partial charge < -0.3 is 24.7 Å². The van der Waals surface area contributed by atoms with Crippen LogP contribution in [0.25, 0.3) is 0 Å². The number of amides is 1. The number of esters is 1. The number of rotatable bonds is 12. The van der Waals surface area contributed by atoms with Gasteiger partial charge in [0.1, 0.15) is 13.2 Å². The molecular weight excluding hydrogens is 439 g/mol. The van der Waals surface area contributed by atoms with Crippen molar-refractivity contribution in [3.8, 4) is 5.75 Å². The molecule has 2 N–H and O–H groups in total. The zero-order valence-electron chi connectivity index (χ0n) is 17.4. The van der Waals surface area contributed by atoms with Crippen LogP contribution in [0.3, 0.4) is 0 Å². The van der Waals surface area contributed by atoms with Crippen molar-refractivity contribution in [1.29, 1.82) is 0 Å². The Morgan fingerprint density at radius 1 is 1.03 bits per heavy atom. The number of carbonyl (C=O) groups excluding carboxylic acids is 2. The molecule has 0 unspecified atom stereocenters. The molecule has 1 amide bonds. The standard InChI is InChI=1S/C19H19BN4O9/c1-31-20-22-15-5-3-2-4-14(15)21-18(25)8-9-19(26)33-11-10-32-17-7-6-13(23(27)28)12-16(17)24(29)30/h2-9,12,20,22H,10-11H2,1H3,(H,21,25)/b9-8+. The van der Waals surface area contributed by atoms with E-state index in [-0.39, 0.29) is 26.6 Å². The van der Waals surface area contributed by atoms with E-state index in [9.17, 15) is 29.8 Å². The zero-order valence-corrected chi connectivity index (χ0v) is 17.4. The second-order valence-electron chi connectivity index (χ2n) is 6.16. The summed E-state index contributed by atoms with van der Waals surface area (Å²) in [5.74, 6) is -1.62. The fraction of sp³-hybridized carbons (Fsp3) is 0.158. The Hall–Kier alpha value is -4.46. The fourth-order valence-electron chi connectivity index (χ4n) is 2.44. The van der Waals surface area contributed by atoms with Gasteiger partial charge in [-0.3, -0.25) is 25.0 Å². The van der Waals surface area contributed by atoms with Gasteiger partial charge in [0.2, 0.25) is 5.91 Å². The maximum Gasteiger partial charge on any atom is 0.393 e. The average Bonchev–Trinajstić information content (AvgIpc) is 2.79. The van der Waals surface area contributed by atoms with E-state index < -0.39 is 33.1 Å². The first kappa shape index (κ1) is 24.8. The number of hydrogen-bond acceptors (Lipinski definition) is 10. The molecule has 0 fully saturated rings. The molecule has 0 aliphatic heterocycles. The summed E-state index contributed by atoms with van der Waals surface area (Å²) in [6.45, 7) is -0.522. The first-order valence-electron chi connectivity index (χ1n) is 9.35. The van der Waals surface area contributed by atoms with Crippen LogP contribution in [0.2, 0.25) is 0 Å². The number of nitro benzene ring substituents is 2. The van der Waals surface area contributed by atoms with Crippen molar-refractivity contribution < 1.29 is 33.6 Å². The first-order chi connectivity index (χ1) is 15.8. The maximum absolute atomic E-state index is 12.0. The number of nitrogens with zero attached hydrogens (tertiary/aromatic N) is 2. The summed E-state index contributed by atoms with van der Waals surface area (Å²) in [6, 6.07) is 9.81. The van der Waals surface area contributed by atoms with Gasteiger partial charge in [0.05, 0.1) is 21.6 Å². The smallest absolute Gasteiger partial charge is 0.393 e. The lowest BCUT2D eigenvalue weighted by Gasteiger charge is -2.10. The molecule has 0 heterocycles. The molecule has 13 nitrogen and oxygen atoms in total. The molecule has 0 radical (unpaired) electrons. The van der Waals surface area contributed by atoms with Crippen molar-refractivity contribution in [1.82, 2.24) is 0 Å². The summed E-state index contributed by atoms with van der Waals surface area (Å²) in [6.07, 6.45) is 1.90. The van der Waals surface area contributed by atoms with E-state index in [1.54, 1.807) is 24.3 Å². The van der Waals surface area contributed by atoms with Gasteiger partial charge in [-0.15, -0.1) is 0 Å². The van der Waals surface area contributed by atoms with Crippen LogP contribution in [0, 0.1) is 20.2 Å². The zero-order chi connectivity index (χ0) is 24.2. The summed E-state index contributed by atoms with van der Waals surface area (Å²) in [4.78, 5) is 44.0. The van der Waals surface area contributed by atoms with Crippen molar-refractivity contribution in [2.45, 2.75) is 0 Å². The second kappa shape index (κ2) is 12.4. The number of nitrogens with one attached hydrogen (secondary N) is 2. The molecule has 0 atom stereocenters. The number of para-hydroxylation sites is 2. The minimum atomic E-state index is -0.835. The van der Waals surface area contributed by atoms with Crippen LogP contribution in [-0.2, 0) is 19.0 Å². The number of non-ortho nitro benzene ring substituents is 1. The molecule has 0 aliphatic rings. The Kier molecular flexibility index (Phi) is 9.33. The molecule has 0 bridgehead atoms. The highest BCUT2D eigenvalue weighted by Crippen LogP contribution is 2.30. The monoisotopic (exact) mass is 458 g/mol. The van der Waals surface area contributed by atoms with Crippen LogP contribution >= 0.6 is 0 Å². The van der Waals surface area contributed by atoms with Gasteiger partial charge in [-0.2, -0.15) is 0 Å². The van der Waals surface area contributed by atoms with E-state index in [2.05, 4.69) is 10.5 Å². The van der Waals surface area contributed by atoms with Gasteiger partial charge in [0.25, 0.3) is 5.69 Å². The Bertz CT molecular complexity index is 1060. The molecule has 0 spiro atoms. The van der Waals surface area contributed by atoms with Crippen molar-refractivity contribution in [2.24, 2.45) is 0 Å². The molecule has 0 aliphatic carbocycles. The van der Waals surface area contributed by atoms with Crippen LogP contribution in [0.15, 0.2) is 54.6 Å². The normalized spacial score (nSPS) is 10.3. The number of hydrogen-bond donors (Lipinski definition) is 2. The number of ether oxygens (including phenoxy) is 2. The molecule has 2 aromatic carbocycles. The predicted molar refractivity (Wildman–Crippen MR) is 118 cm³/mol. The van der Waals surface area contributed by atoms with E-state index in [0.717, 1.165) is 30.4 Å². The van der Waals surface area contributed by atoms with E-state index >= 15 is 0 Å². The Balaban J connectivity index is 1.82. The van der Waals surface area contributed by atoms with Gasteiger partial charge >= 0.3 is 19.3 Å². The molecule has 2 rings (SSSR count). The van der Waals surface area contributed by atoms with Gasteiger partial charge in [-0.05, 0) is 18.2 Å². The summed E-state index contributed by atoms with van der Waals surface area (Å²) in [5, 5.41) is 27.3. The van der Waals surface area contributed by atoms with Crippen LogP contribution < -0.4 is 15.3 Å². The lowest BCUT2D eigenvalue weighted by molar-refractivity contribution is -0.394. The first-order valence-corrected chi connectivity index (χ1v) is 9.35. The number of benzene rings is 2. The highest BCUT2D eigenvalue weighted by atomic mass is 16.6. The average molecular weight is 458 g/mol. The van der Waals surface area contributed by atoms with Crippen molar-refractivity contribution >= 4 is 42.2 Å². The van der Waals surface area contributed by atoms with Gasteiger partial charge in [0.15, 0.2) is 5.75 Å². The SMILES string of the molecule is COBNc1ccccc1NC(=O)/C=C/C(=O)OCCOc1ccc([N+](=O)[O-])cc1[N+](=O)[O-]. The van der Waals surface area contributed by atoms with Crippen LogP contribution in [0.5, 0.6) is 5.75 Å². The van der Waals surface area contributed by atoms with Crippen molar-refractivity contribution in [3.63, 3.8) is 0 Å². The molecule has 0 saturated heterocycles. The Morgan fingerprint density at radius 3 is 2.42 bits per heavy atom. The third kappa shape index (κ3) is 7.95. The van der Waals surface area contributed by atoms with Gasteiger partial charge in [-0.25, -0.2) is 4.79 Å². The molecule has 14 heteroatoms. The van der Waals surface area contributed by atoms with Crippen LogP contribution in [0.4, 0.5) is 22.7 Å². The number of nitro groups is 2. The quantitative estimate of drug-likeness (QED) is 0.120. The third-order valence-corrected chi connectivity index (χ3v) is 3.90. The minimum absolute atomic E-state index is 0.211. The van der Waals surface area contributed by atoms with E-state index in [1.165, 1.54) is 7.11 Å². The lowest BCUT2D eigenvalue weighted by atomic mass is 10.2. The highest BCUT2D eigenvalue weighted by molar-refractivity contribution is 6.33. The van der Waals surface area contributed by atoms with Crippen molar-refractivity contribution in [3.05, 3.63) is 74.8 Å². The summed E-state index contributed by atoms with van der Waals surface area (Å²) < 4.78 is 15.0. The van der Waals surface area contributed by atoms with Crippen LogP contribution in [0.1, 0.15) is 0 Å². The predicted octanol–water partition coefficient (Wildman–Crippen LogP) is 1.94. The Labute approximate surface area is 187 Å². The summed E-state index contributed by atoms with van der Waals surface area (Å²) >= 11 is 0. The van der Waals surface area contributed by atoms with Crippen molar-refractivity contribution in [2.75, 3.05) is 30.9 Å². The largest absolute Gasteiger partial charge is 0.483 e. The summed E-state index contributed by atoms with van der Waals surface area (Å²) in [7, 11) is 1.75. The topological polar surface area (TPSA) is 172 Å². The number of carbonyl (C=O) groups is 2. The molecule has 2 aromatic rings. The third-order valence-electron chi connectivity index (χ3n) is 3.90. The van der Waals surface area contributed by atoms with Crippen LogP contribution in [-0.4, -0.2) is 49.7 Å². The fourth-order valence-corrected chi connectivity index (χ4v) is 2.44. The van der Waals surface area contributed by atoms with Gasteiger partial charge in [-0.1, -0.05) is 12.1 Å². The lowest BCUT2D eigenvalue weighted by Crippen LogP contribution is -2.14. The molecule has 0 aromatic heterocycles. The van der Waals surface area contributed by atoms with E-state index in [4.69, 9.17) is 14.1 Å². The molecule has 0 saturated carbocycles. The van der Waals surface area contributed by atoms with E-state index in [0.29, 0.717) is 11.4 Å². The molecule has 33 heavy (non-hydrogen) atoms.